The van der Waals surface area contributed by atoms with Gasteiger partial charge in [0.2, 0.25) is 0 Å². The second-order valence-electron chi connectivity index (χ2n) is 20.7. The Morgan fingerprint density at radius 1 is 0.549 bits per heavy atom. The van der Waals surface area contributed by atoms with Gasteiger partial charge in [-0.05, 0) is 122 Å². The van der Waals surface area contributed by atoms with Crippen LogP contribution in [0.4, 0.5) is 0 Å². The van der Waals surface area contributed by atoms with Gasteiger partial charge in [-0.25, -0.2) is 0 Å². The molecule has 0 radical (unpaired) electrons. The van der Waals surface area contributed by atoms with Crippen LogP contribution in [0.25, 0.3) is 60.9 Å². The zero-order valence-corrected chi connectivity index (χ0v) is 41.7. The smallest absolute Gasteiger partial charge is 0.129 e. The standard InChI is InChI=1S/C68H61N3/c1-7-53(55-29-13-14-30-56(55)54-28-12-11-21-43(54)2)49-24-19-25-50(41-49)66-45(4)44(3)65(48-37-35-47(36-38-48)46-22-9-8-10-23-46)69-67(70-66)51-26-20-27-52(42-51)71-61-34-18-16-32-59(61)63-62(71)40-39-58-57-31-15-17-33-60(57)68(5,6)64(58)63/h8-42,44-45,53,65-66H,7H2,1-6H3,(H,69,70). The van der Waals surface area contributed by atoms with Gasteiger partial charge < -0.3 is 9.88 Å². The number of hydrogen-bond acceptors (Lipinski definition) is 2. The molecule has 0 amide bonds. The number of aliphatic imine (C=N–C) groups is 1. The molecule has 5 unspecified atom stereocenters. The highest BCUT2D eigenvalue weighted by Crippen LogP contribution is 2.53. The Balaban J connectivity index is 0.991. The molecule has 12 rings (SSSR count). The van der Waals surface area contributed by atoms with Gasteiger partial charge in [-0.2, -0.15) is 0 Å². The average molecular weight is 920 g/mol. The topological polar surface area (TPSA) is 29.3 Å². The van der Waals surface area contributed by atoms with Gasteiger partial charge in [-0.1, -0.05) is 223 Å². The molecule has 3 nitrogen and oxygen atoms in total. The first-order chi connectivity index (χ1) is 34.7. The molecule has 348 valence electrons. The molecular formula is C68H61N3. The van der Waals surface area contributed by atoms with E-state index in [4.69, 9.17) is 4.99 Å². The molecule has 0 fully saturated rings. The molecule has 1 aliphatic carbocycles. The van der Waals surface area contributed by atoms with Gasteiger partial charge in [0.1, 0.15) is 5.84 Å². The van der Waals surface area contributed by atoms with E-state index in [1.807, 2.05) is 0 Å². The predicted molar refractivity (Wildman–Crippen MR) is 299 cm³/mol. The Morgan fingerprint density at radius 3 is 2.03 bits per heavy atom. The fourth-order valence-corrected chi connectivity index (χ4v) is 12.5. The van der Waals surface area contributed by atoms with Crippen LogP contribution in [-0.2, 0) is 5.41 Å². The predicted octanol–water partition coefficient (Wildman–Crippen LogP) is 17.4. The Hall–Kier alpha value is -7.75. The maximum absolute atomic E-state index is 5.90. The Morgan fingerprint density at radius 2 is 1.23 bits per heavy atom. The number of hydrogen-bond donors (Lipinski definition) is 1. The van der Waals surface area contributed by atoms with E-state index in [1.54, 1.807) is 0 Å². The molecule has 0 bridgehead atoms. The number of fused-ring (bicyclic) bond motifs is 7. The summed E-state index contributed by atoms with van der Waals surface area (Å²) in [7, 11) is 0. The van der Waals surface area contributed by atoms with Gasteiger partial charge >= 0.3 is 0 Å². The van der Waals surface area contributed by atoms with Crippen molar-refractivity contribution in [2.45, 2.75) is 71.4 Å². The van der Waals surface area contributed by atoms with E-state index in [1.165, 1.54) is 94.1 Å². The van der Waals surface area contributed by atoms with E-state index in [9.17, 15) is 0 Å². The summed E-state index contributed by atoms with van der Waals surface area (Å²) >= 11 is 0. The maximum Gasteiger partial charge on any atom is 0.129 e. The molecule has 1 N–H and O–H groups in total. The molecule has 5 atom stereocenters. The zero-order valence-electron chi connectivity index (χ0n) is 41.7. The third kappa shape index (κ3) is 7.53. The number of amidine groups is 1. The summed E-state index contributed by atoms with van der Waals surface area (Å²) in [6.45, 7) is 14.2. The first kappa shape index (κ1) is 44.5. The van der Waals surface area contributed by atoms with Crippen LogP contribution in [0.2, 0.25) is 0 Å². The number of aryl methyl sites for hydroxylation is 1. The highest BCUT2D eigenvalue weighted by molar-refractivity contribution is 6.14. The summed E-state index contributed by atoms with van der Waals surface area (Å²) in [6.07, 6.45) is 0.989. The number of para-hydroxylation sites is 1. The molecular weight excluding hydrogens is 859 g/mol. The summed E-state index contributed by atoms with van der Waals surface area (Å²) in [5, 5.41) is 6.75. The number of nitrogens with zero attached hydrogens (tertiary/aromatic N) is 2. The molecule has 0 spiro atoms. The molecule has 1 aliphatic heterocycles. The van der Waals surface area contributed by atoms with Crippen molar-refractivity contribution in [3.05, 3.63) is 257 Å². The SMILES string of the molecule is CCC(c1cccc(C2N=C(c3cccc(-n4c5ccccc5c5c6c(ccc54)-c4ccccc4C6(C)C)c3)NC(c3ccc(-c4ccccc4)cc3)C(C)C2C)c1)c1ccccc1-c1ccccc1C. The molecule has 0 saturated carbocycles. The normalized spacial score (nSPS) is 18.6. The molecule has 3 heteroatoms. The molecule has 1 aromatic heterocycles. The third-order valence-corrected chi connectivity index (χ3v) is 16.4. The summed E-state index contributed by atoms with van der Waals surface area (Å²) < 4.78 is 2.48. The first-order valence-corrected chi connectivity index (χ1v) is 25.7. The minimum atomic E-state index is -0.142. The zero-order chi connectivity index (χ0) is 48.4. The Bertz CT molecular complexity index is 3650. The highest BCUT2D eigenvalue weighted by atomic mass is 15.1. The largest absolute Gasteiger partial charge is 0.363 e. The van der Waals surface area contributed by atoms with E-state index in [0.717, 1.165) is 23.5 Å². The van der Waals surface area contributed by atoms with Gasteiger partial charge in [0.05, 0.1) is 23.1 Å². The molecule has 9 aromatic carbocycles. The van der Waals surface area contributed by atoms with Crippen LogP contribution < -0.4 is 5.32 Å². The van der Waals surface area contributed by atoms with E-state index in [0.29, 0.717) is 0 Å². The van der Waals surface area contributed by atoms with Crippen molar-refractivity contribution in [2.24, 2.45) is 16.8 Å². The maximum atomic E-state index is 5.90. The fraction of sp³-hybridized carbons (Fsp3) is 0.191. The van der Waals surface area contributed by atoms with Gasteiger partial charge in [-0.3, -0.25) is 4.99 Å². The second kappa shape index (κ2) is 17.9. The van der Waals surface area contributed by atoms with Crippen molar-refractivity contribution < 1.29 is 0 Å². The minimum absolute atomic E-state index is 0.0227. The first-order valence-electron chi connectivity index (χ1n) is 25.7. The van der Waals surface area contributed by atoms with E-state index in [2.05, 4.69) is 264 Å². The fourth-order valence-electron chi connectivity index (χ4n) is 12.5. The van der Waals surface area contributed by atoms with Crippen molar-refractivity contribution in [1.82, 2.24) is 9.88 Å². The molecule has 0 saturated heterocycles. The summed E-state index contributed by atoms with van der Waals surface area (Å²) in [5.74, 6) is 1.60. The van der Waals surface area contributed by atoms with Crippen molar-refractivity contribution in [3.63, 3.8) is 0 Å². The number of nitrogens with one attached hydrogen (secondary N) is 1. The van der Waals surface area contributed by atoms with Crippen LogP contribution >= 0.6 is 0 Å². The Kier molecular flexibility index (Phi) is 11.2. The van der Waals surface area contributed by atoms with E-state index >= 15 is 0 Å². The quantitative estimate of drug-likeness (QED) is 0.154. The van der Waals surface area contributed by atoms with Crippen LogP contribution in [0.15, 0.2) is 217 Å². The lowest BCUT2D eigenvalue weighted by molar-refractivity contribution is 0.284. The molecule has 71 heavy (non-hydrogen) atoms. The van der Waals surface area contributed by atoms with Crippen molar-refractivity contribution >= 4 is 27.6 Å². The lowest BCUT2D eigenvalue weighted by Crippen LogP contribution is -2.33. The van der Waals surface area contributed by atoms with Crippen LogP contribution in [0.5, 0.6) is 0 Å². The van der Waals surface area contributed by atoms with Crippen LogP contribution in [0, 0.1) is 18.8 Å². The molecule has 2 aliphatic rings. The average Bonchev–Trinajstić information content (AvgIpc) is 3.82. The summed E-state index contributed by atoms with van der Waals surface area (Å²) in [5.41, 5.74) is 21.6. The number of aromatic nitrogens is 1. The van der Waals surface area contributed by atoms with Gasteiger partial charge in [0.15, 0.2) is 0 Å². The van der Waals surface area contributed by atoms with Gasteiger partial charge in [0.25, 0.3) is 0 Å². The van der Waals surface area contributed by atoms with Crippen molar-refractivity contribution in [2.75, 3.05) is 0 Å². The summed E-state index contributed by atoms with van der Waals surface area (Å²) in [4.78, 5) is 5.90. The lowest BCUT2D eigenvalue weighted by Gasteiger charge is -2.31. The van der Waals surface area contributed by atoms with Gasteiger partial charge in [0, 0.05) is 33.4 Å². The van der Waals surface area contributed by atoms with E-state index < -0.39 is 0 Å². The third-order valence-electron chi connectivity index (χ3n) is 16.4. The Labute approximate surface area is 419 Å². The second-order valence-corrected chi connectivity index (χ2v) is 20.7. The number of benzene rings is 9. The highest BCUT2D eigenvalue weighted by Gasteiger charge is 2.39. The van der Waals surface area contributed by atoms with Crippen molar-refractivity contribution in [1.29, 1.82) is 0 Å². The molecule has 10 aromatic rings. The van der Waals surface area contributed by atoms with Gasteiger partial charge in [-0.15, -0.1) is 0 Å². The van der Waals surface area contributed by atoms with Crippen LogP contribution in [0.3, 0.4) is 0 Å². The minimum Gasteiger partial charge on any atom is -0.363 e. The lowest BCUT2D eigenvalue weighted by atomic mass is 9.78. The monoisotopic (exact) mass is 919 g/mol. The number of rotatable bonds is 9. The van der Waals surface area contributed by atoms with Crippen LogP contribution in [-0.4, -0.2) is 10.4 Å². The molecule has 2 heterocycles. The van der Waals surface area contributed by atoms with E-state index in [-0.39, 0.29) is 35.3 Å². The van der Waals surface area contributed by atoms with Crippen LogP contribution in [0.1, 0.15) is 104 Å². The summed E-state index contributed by atoms with van der Waals surface area (Å²) in [6, 6.07) is 78.8. The van der Waals surface area contributed by atoms with Crippen molar-refractivity contribution in [3.8, 4) is 39.1 Å².